The van der Waals surface area contributed by atoms with E-state index in [1.807, 2.05) is 35.9 Å². The molecule has 3 N–H and O–H groups in total. The lowest BCUT2D eigenvalue weighted by Crippen LogP contribution is -2.37. The van der Waals surface area contributed by atoms with Crippen molar-refractivity contribution in [2.24, 2.45) is 0 Å². The molecule has 0 radical (unpaired) electrons. The number of ether oxygens (including phenoxy) is 1. The highest BCUT2D eigenvalue weighted by molar-refractivity contribution is 5.85. The smallest absolute Gasteiger partial charge is 0.325 e. The highest BCUT2D eigenvalue weighted by Gasteiger charge is 2.19. The number of hydroxylamine groups is 1. The zero-order valence-corrected chi connectivity index (χ0v) is 10.7. The molecule has 0 aliphatic carbocycles. The molecule has 0 amide bonds. The van der Waals surface area contributed by atoms with Gasteiger partial charge in [-0.1, -0.05) is 18.2 Å². The number of aromatic amines is 1. The molecule has 1 aromatic carbocycles. The van der Waals surface area contributed by atoms with Gasteiger partial charge in [0, 0.05) is 23.5 Å². The Morgan fingerprint density at radius 3 is 2.89 bits per heavy atom. The second-order valence-electron chi connectivity index (χ2n) is 3.77. The number of carbonyl (C=O) groups is 1. The van der Waals surface area contributed by atoms with E-state index in [4.69, 9.17) is 5.21 Å². The number of nitrogens with one attached hydrogen (secondary N) is 2. The maximum atomic E-state index is 11.4. The van der Waals surface area contributed by atoms with Crippen molar-refractivity contribution in [2.45, 2.75) is 12.5 Å². The Bertz CT molecular complexity index is 527. The normalized spacial score (nSPS) is 11.9. The Morgan fingerprint density at radius 2 is 2.22 bits per heavy atom. The van der Waals surface area contributed by atoms with E-state index in [9.17, 15) is 4.79 Å². The molecule has 0 bridgehead atoms. The van der Waals surface area contributed by atoms with E-state index >= 15 is 0 Å². The second kappa shape index (κ2) is 6.39. The first kappa shape index (κ1) is 14.5. The molecule has 0 saturated heterocycles. The van der Waals surface area contributed by atoms with Crippen LogP contribution in [0, 0.1) is 0 Å². The molecule has 18 heavy (non-hydrogen) atoms. The summed E-state index contributed by atoms with van der Waals surface area (Å²) in [5.41, 5.74) is 3.93. The van der Waals surface area contributed by atoms with Crippen LogP contribution < -0.4 is 5.48 Å². The first-order chi connectivity index (χ1) is 8.26. The molecule has 0 spiro atoms. The minimum Gasteiger partial charge on any atom is -0.468 e. The first-order valence-electron chi connectivity index (χ1n) is 5.28. The van der Waals surface area contributed by atoms with Crippen LogP contribution in [-0.2, 0) is 16.0 Å². The van der Waals surface area contributed by atoms with Crippen molar-refractivity contribution < 1.29 is 14.7 Å². The van der Waals surface area contributed by atoms with Gasteiger partial charge in [-0.15, -0.1) is 12.4 Å². The molecule has 0 saturated carbocycles. The van der Waals surface area contributed by atoms with Crippen LogP contribution >= 0.6 is 12.4 Å². The summed E-state index contributed by atoms with van der Waals surface area (Å²) in [6.45, 7) is 0. The van der Waals surface area contributed by atoms with Crippen molar-refractivity contribution in [1.29, 1.82) is 0 Å². The number of para-hydroxylation sites is 1. The molecule has 0 aliphatic rings. The minimum absolute atomic E-state index is 0. The molecule has 2 aromatic rings. The number of hydrogen-bond acceptors (Lipinski definition) is 4. The number of esters is 1. The lowest BCUT2D eigenvalue weighted by Gasteiger charge is -2.11. The first-order valence-corrected chi connectivity index (χ1v) is 5.28. The quantitative estimate of drug-likeness (QED) is 0.583. The molecular weight excluding hydrogens is 256 g/mol. The van der Waals surface area contributed by atoms with Crippen molar-refractivity contribution in [1.82, 2.24) is 10.5 Å². The third-order valence-electron chi connectivity index (χ3n) is 2.74. The lowest BCUT2D eigenvalue weighted by molar-refractivity contribution is -0.145. The van der Waals surface area contributed by atoms with Crippen LogP contribution in [0.1, 0.15) is 5.56 Å². The van der Waals surface area contributed by atoms with Crippen LogP contribution in [0.5, 0.6) is 0 Å². The Kier molecular flexibility index (Phi) is 5.15. The molecule has 0 fully saturated rings. The van der Waals surface area contributed by atoms with Crippen molar-refractivity contribution in [3.63, 3.8) is 0 Å². The maximum Gasteiger partial charge on any atom is 0.325 e. The highest BCUT2D eigenvalue weighted by Crippen LogP contribution is 2.19. The van der Waals surface area contributed by atoms with Gasteiger partial charge in [-0.25, -0.2) is 0 Å². The number of methoxy groups -OCH3 is 1. The molecule has 5 nitrogen and oxygen atoms in total. The van der Waals surface area contributed by atoms with Gasteiger partial charge in [0.1, 0.15) is 6.04 Å². The predicted molar refractivity (Wildman–Crippen MR) is 70.0 cm³/mol. The van der Waals surface area contributed by atoms with E-state index < -0.39 is 12.0 Å². The summed E-state index contributed by atoms with van der Waals surface area (Å²) >= 11 is 0. The molecule has 0 unspecified atom stereocenters. The van der Waals surface area contributed by atoms with Crippen LogP contribution in [-0.4, -0.2) is 29.3 Å². The third kappa shape index (κ3) is 2.81. The van der Waals surface area contributed by atoms with E-state index in [0.717, 1.165) is 16.5 Å². The summed E-state index contributed by atoms with van der Waals surface area (Å²) in [6, 6.07) is 7.04. The van der Waals surface area contributed by atoms with Gasteiger partial charge in [-0.2, -0.15) is 5.48 Å². The fraction of sp³-hybridized carbons (Fsp3) is 0.250. The fourth-order valence-corrected chi connectivity index (χ4v) is 1.84. The largest absolute Gasteiger partial charge is 0.468 e. The van der Waals surface area contributed by atoms with Crippen LogP contribution in [0.3, 0.4) is 0 Å². The molecule has 6 heteroatoms. The molecule has 0 aliphatic heterocycles. The number of halogens is 1. The van der Waals surface area contributed by atoms with Crippen LogP contribution in [0.25, 0.3) is 10.9 Å². The van der Waals surface area contributed by atoms with Crippen LogP contribution in [0.15, 0.2) is 30.5 Å². The number of rotatable bonds is 4. The number of carbonyl (C=O) groups excluding carboxylic acids is 1. The molecule has 1 aromatic heterocycles. The van der Waals surface area contributed by atoms with Gasteiger partial charge < -0.3 is 14.9 Å². The van der Waals surface area contributed by atoms with Gasteiger partial charge in [0.15, 0.2) is 0 Å². The zero-order valence-electron chi connectivity index (χ0n) is 9.84. The van der Waals surface area contributed by atoms with E-state index in [-0.39, 0.29) is 12.4 Å². The number of H-pyrrole nitrogens is 1. The van der Waals surface area contributed by atoms with E-state index in [0.29, 0.717) is 6.42 Å². The zero-order chi connectivity index (χ0) is 12.3. The SMILES string of the molecule is COC(=O)[C@H](Cc1c[nH]c2ccccc12)NO.Cl. The highest BCUT2D eigenvalue weighted by atomic mass is 35.5. The topological polar surface area (TPSA) is 74.4 Å². The van der Waals surface area contributed by atoms with E-state index in [2.05, 4.69) is 9.72 Å². The molecular formula is C12H15ClN2O3. The lowest BCUT2D eigenvalue weighted by atomic mass is 10.1. The average molecular weight is 271 g/mol. The number of hydrogen-bond donors (Lipinski definition) is 3. The van der Waals surface area contributed by atoms with Gasteiger partial charge >= 0.3 is 5.97 Å². The number of fused-ring (bicyclic) bond motifs is 1. The molecule has 98 valence electrons. The van der Waals surface area contributed by atoms with Gasteiger partial charge in [-0.05, 0) is 11.6 Å². The Hall–Kier alpha value is -1.56. The summed E-state index contributed by atoms with van der Waals surface area (Å²) < 4.78 is 4.59. The fourth-order valence-electron chi connectivity index (χ4n) is 1.84. The van der Waals surface area contributed by atoms with E-state index in [1.165, 1.54) is 7.11 Å². The van der Waals surface area contributed by atoms with Crippen LogP contribution in [0.2, 0.25) is 0 Å². The Morgan fingerprint density at radius 1 is 1.50 bits per heavy atom. The Labute approximate surface area is 111 Å². The molecule has 1 heterocycles. The summed E-state index contributed by atoms with van der Waals surface area (Å²) in [5, 5.41) is 9.98. The summed E-state index contributed by atoms with van der Waals surface area (Å²) in [7, 11) is 1.29. The summed E-state index contributed by atoms with van der Waals surface area (Å²) in [6.07, 6.45) is 2.20. The molecule has 1 atom stereocenters. The third-order valence-corrected chi connectivity index (χ3v) is 2.74. The standard InChI is InChI=1S/C12H14N2O3.ClH/c1-17-12(15)11(14-16)6-8-7-13-10-5-3-2-4-9(8)10;/h2-5,7,11,13-14,16H,6H2,1H3;1H/t11-;/m0./s1. The van der Waals surface area contributed by atoms with Crippen molar-refractivity contribution in [3.05, 3.63) is 36.0 Å². The van der Waals surface area contributed by atoms with Crippen molar-refractivity contribution in [3.8, 4) is 0 Å². The minimum atomic E-state index is -0.751. The van der Waals surface area contributed by atoms with Gasteiger partial charge in [0.25, 0.3) is 0 Å². The average Bonchev–Trinajstić information content (AvgIpc) is 2.78. The van der Waals surface area contributed by atoms with Gasteiger partial charge in [0.2, 0.25) is 0 Å². The predicted octanol–water partition coefficient (Wildman–Crippen LogP) is 1.65. The van der Waals surface area contributed by atoms with Crippen LogP contribution in [0.4, 0.5) is 0 Å². The monoisotopic (exact) mass is 270 g/mol. The number of benzene rings is 1. The summed E-state index contributed by atoms with van der Waals surface area (Å²) in [4.78, 5) is 14.5. The maximum absolute atomic E-state index is 11.4. The molecule has 2 rings (SSSR count). The Balaban J connectivity index is 0.00000162. The summed E-state index contributed by atoms with van der Waals surface area (Å²) in [5.74, 6) is -0.488. The van der Waals surface area contributed by atoms with E-state index in [1.54, 1.807) is 0 Å². The van der Waals surface area contributed by atoms with Crippen molar-refractivity contribution >= 4 is 29.3 Å². The number of aromatic nitrogens is 1. The second-order valence-corrected chi connectivity index (χ2v) is 3.77. The van der Waals surface area contributed by atoms with Crippen molar-refractivity contribution in [2.75, 3.05) is 7.11 Å². The van der Waals surface area contributed by atoms with Gasteiger partial charge in [-0.3, -0.25) is 4.79 Å². The van der Waals surface area contributed by atoms with Gasteiger partial charge in [0.05, 0.1) is 7.11 Å².